The molecular weight excluding hydrogens is 1240 g/mol. The smallest absolute Gasteiger partial charge is 0.321 e. The molecule has 4 saturated heterocycles. The summed E-state index contributed by atoms with van der Waals surface area (Å²) in [4.78, 5) is 94.0. The molecule has 0 aliphatic carbocycles. The topological polar surface area (TPSA) is 300 Å². The van der Waals surface area contributed by atoms with E-state index in [4.69, 9.17) is 31.3 Å². The summed E-state index contributed by atoms with van der Waals surface area (Å²) in [6, 6.07) is 27.6. The van der Waals surface area contributed by atoms with Crippen LogP contribution in [0.15, 0.2) is 97.3 Å². The van der Waals surface area contributed by atoms with E-state index in [1.54, 1.807) is 82.7 Å². The molecule has 478 valence electrons. The Morgan fingerprint density at radius 3 is 1.36 bits per heavy atom. The molecule has 0 atom stereocenters. The van der Waals surface area contributed by atoms with Crippen molar-refractivity contribution < 1.29 is 49.6 Å². The molecule has 23 nitrogen and oxygen atoms in total. The predicted octanol–water partition coefficient (Wildman–Crippen LogP) is 8.58. The summed E-state index contributed by atoms with van der Waals surface area (Å²) >= 11 is 0. The Labute approximate surface area is 541 Å². The number of nitrogen functional groups attached to an aromatic ring is 1. The number of nitro groups is 1. The average molecular weight is 1320 g/mol. The maximum absolute atomic E-state index is 13.0. The summed E-state index contributed by atoms with van der Waals surface area (Å²) in [5.41, 5.74) is 13.4. The number of nitrogens with zero attached hydrogens (tertiary/aromatic N) is 13. The Kier molecular flexibility index (Phi) is 26.4. The first-order chi connectivity index (χ1) is 42.5. The van der Waals surface area contributed by atoms with Crippen LogP contribution in [-0.4, -0.2) is 173 Å². The van der Waals surface area contributed by atoms with E-state index in [0.717, 1.165) is 87.3 Å². The van der Waals surface area contributed by atoms with E-state index in [-0.39, 0.29) is 63.6 Å². The van der Waals surface area contributed by atoms with Gasteiger partial charge >= 0.3 is 12.1 Å². The second-order valence-electron chi connectivity index (χ2n) is 22.9. The molecule has 0 radical (unpaired) electrons. The number of nitrogens with two attached hydrogens (primary N) is 1. The number of rotatable bonds is 15. The molecule has 6 heterocycles. The number of Topliss-reactive ketones (excluding diaryl/α,β-unsaturated/α-hetero) is 2. The number of piperazine rings is 2. The first-order valence-corrected chi connectivity index (χ1v) is 29.8. The number of benzene rings is 4. The number of carbonyl (C=O) groups is 4. The third-order valence-corrected chi connectivity index (χ3v) is 16.6. The van der Waals surface area contributed by atoms with Crippen LogP contribution >= 0.6 is 0 Å². The molecule has 90 heavy (non-hydrogen) atoms. The molecule has 10 rings (SSSR count). The zero-order valence-electron chi connectivity index (χ0n) is 52.1. The Morgan fingerprint density at radius 2 is 0.978 bits per heavy atom. The Morgan fingerprint density at radius 1 is 0.600 bits per heavy atom. The Bertz CT molecular complexity index is 3510. The maximum Gasteiger partial charge on any atom is 0.321 e. The van der Waals surface area contributed by atoms with Crippen LogP contribution in [0.1, 0.15) is 104 Å². The van der Waals surface area contributed by atoms with Gasteiger partial charge in [-0.1, -0.05) is 24.3 Å². The van der Waals surface area contributed by atoms with Gasteiger partial charge in [0.25, 0.3) is 5.69 Å². The Balaban J connectivity index is 0.000000273. The van der Waals surface area contributed by atoms with Crippen molar-refractivity contribution in [2.24, 2.45) is 11.8 Å². The van der Waals surface area contributed by atoms with Gasteiger partial charge in [-0.2, -0.15) is 10.5 Å². The first kappa shape index (κ1) is 70.3. The summed E-state index contributed by atoms with van der Waals surface area (Å²) < 4.78 is 0. The van der Waals surface area contributed by atoms with Crippen LogP contribution in [0.2, 0.25) is 0 Å². The minimum absolute atomic E-state index is 0. The van der Waals surface area contributed by atoms with E-state index >= 15 is 0 Å². The predicted molar refractivity (Wildman–Crippen MR) is 344 cm³/mol. The number of aliphatic hydroxyl groups is 1. The van der Waals surface area contributed by atoms with E-state index in [0.29, 0.717) is 140 Å². The van der Waals surface area contributed by atoms with Crippen molar-refractivity contribution in [3.63, 3.8) is 0 Å². The van der Waals surface area contributed by atoms with E-state index in [1.165, 1.54) is 6.07 Å². The van der Waals surface area contributed by atoms with Crippen LogP contribution in [0.4, 0.5) is 44.0 Å². The minimum Gasteiger partial charge on any atom is -0.400 e. The van der Waals surface area contributed by atoms with Gasteiger partial charge < -0.3 is 58.3 Å². The summed E-state index contributed by atoms with van der Waals surface area (Å²) in [6.07, 6.45) is 9.17. The van der Waals surface area contributed by atoms with Gasteiger partial charge in [-0.25, -0.2) is 29.5 Å². The van der Waals surface area contributed by atoms with Gasteiger partial charge in [-0.05, 0) is 152 Å². The number of nitro benzene ring substituents is 1. The van der Waals surface area contributed by atoms with Gasteiger partial charge in [0.2, 0.25) is 0 Å². The van der Waals surface area contributed by atoms with Crippen molar-refractivity contribution in [1.82, 2.24) is 39.5 Å². The molecule has 4 aliphatic rings. The van der Waals surface area contributed by atoms with Crippen LogP contribution < -0.4 is 26.2 Å². The zero-order chi connectivity index (χ0) is 62.9. The number of piperidine rings is 2. The number of aryl methyl sites for hydroxylation is 2. The number of urea groups is 2. The zero-order valence-corrected chi connectivity index (χ0v) is 53.7. The molecule has 0 spiro atoms. The number of hydrogen-bond donors (Lipinski definition) is 4. The van der Waals surface area contributed by atoms with Crippen molar-refractivity contribution in [2.75, 3.05) is 126 Å². The molecule has 4 aromatic carbocycles. The fourth-order valence-corrected chi connectivity index (χ4v) is 11.3. The summed E-state index contributed by atoms with van der Waals surface area (Å²) in [5.74, 6) is 3.52. The van der Waals surface area contributed by atoms with Gasteiger partial charge in [-0.3, -0.25) is 19.7 Å². The average Bonchev–Trinajstić information content (AvgIpc) is 3.13. The largest absolute Gasteiger partial charge is 0.400 e. The van der Waals surface area contributed by atoms with Crippen LogP contribution in [0.25, 0.3) is 0 Å². The number of aliphatic hydroxyl groups excluding tert-OH is 1. The number of carbonyl (C=O) groups excluding carboxylic acids is 4. The number of aromatic nitrogens is 4. The minimum atomic E-state index is -0.446. The third kappa shape index (κ3) is 19.1. The van der Waals surface area contributed by atoms with Crippen molar-refractivity contribution in [1.29, 1.82) is 10.5 Å². The van der Waals surface area contributed by atoms with Crippen molar-refractivity contribution in [3.05, 3.63) is 171 Å². The number of amides is 4. The van der Waals surface area contributed by atoms with Crippen LogP contribution in [0.3, 0.4) is 0 Å². The van der Waals surface area contributed by atoms with Crippen molar-refractivity contribution >= 4 is 58.0 Å². The molecule has 0 saturated carbocycles. The van der Waals surface area contributed by atoms with Crippen LogP contribution in [-0.2, 0) is 33.3 Å². The molecule has 24 heteroatoms. The summed E-state index contributed by atoms with van der Waals surface area (Å²) in [7, 11) is 5.20. The van der Waals surface area contributed by atoms with Crippen LogP contribution in [0.5, 0.6) is 0 Å². The second kappa shape index (κ2) is 33.7. The molecule has 0 unspecified atom stereocenters. The first-order valence-electron chi connectivity index (χ1n) is 29.8. The summed E-state index contributed by atoms with van der Waals surface area (Å²) in [5, 5.41) is 42.7. The number of likely N-dealkylation sites (tertiary alicyclic amines) is 2. The molecular formula is C66H81N16O7Pd-. The fraction of sp³-hybridized carbons (Fsp3) is 0.409. The second-order valence-corrected chi connectivity index (χ2v) is 22.9. The van der Waals surface area contributed by atoms with Gasteiger partial charge in [-0.15, -0.1) is 0 Å². The normalized spacial score (nSPS) is 15.4. The maximum atomic E-state index is 13.0. The molecule has 4 fully saturated rings. The van der Waals surface area contributed by atoms with Gasteiger partial charge in [0.1, 0.15) is 23.3 Å². The van der Waals surface area contributed by atoms with Gasteiger partial charge in [0.05, 0.1) is 28.2 Å². The Hall–Kier alpha value is -8.76. The standard InChI is InChI=1S/C32H36N8O4.C32H38N8O2.CH4O.CH3.Pd/c1-22-21-34-30(19-25-5-6-26(18-28(25)40(43)44)29(41)17-23-9-11-37(2)12-10-23)36-31(22)38-13-15-39(16-14-38)32(42)35-27-7-3-24(20-33)4-8-27;1-22-21-35-30(19-25-5-6-26(18-28(25)34)29(41)17-23-9-11-38(2)12-10-23)37-31(22)39-13-15-40(16-14-39)32(42)36-27-7-3-24(20-33)4-8-27;1-2;;/h3-8,18,21,23H,9-17,19H2,1-2H3,(H,35,42);3-8,18,21,23H,9-17,19,34H2,1-2H3,(H,36,42);2H,1H3;1H3;/q;;;-1;. The van der Waals surface area contributed by atoms with Crippen molar-refractivity contribution in [2.45, 2.75) is 65.2 Å². The molecule has 4 amide bonds. The number of nitrogens with one attached hydrogen (secondary N) is 2. The van der Waals surface area contributed by atoms with E-state index in [2.05, 4.69) is 66.4 Å². The third-order valence-electron chi connectivity index (χ3n) is 16.6. The number of ketones is 2. The summed E-state index contributed by atoms with van der Waals surface area (Å²) in [6.45, 7) is 12.4. The molecule has 5 N–H and O–H groups in total. The van der Waals surface area contributed by atoms with E-state index in [1.807, 2.05) is 32.2 Å². The number of nitriles is 2. The molecule has 0 bridgehead atoms. The SMILES string of the molecule is CO.Cc1cnc(Cc2ccc(C(=O)CC3CCN(C)CC3)cc2N)nc1N1CCN(C(=O)Nc2ccc(C#N)cc2)CC1.Cc1cnc(Cc2ccc(C(=O)CC3CCN(C)CC3)cc2[N+](=O)[O-])nc1N1CCN(C(=O)Nc2ccc(C#N)cc2)CC1.[CH3-].[Pd]. The van der Waals surface area contributed by atoms with Gasteiger partial charge in [0.15, 0.2) is 11.6 Å². The van der Waals surface area contributed by atoms with Gasteiger partial charge in [0, 0.05) is 169 Å². The van der Waals surface area contributed by atoms with Crippen LogP contribution in [0, 0.1) is 65.9 Å². The van der Waals surface area contributed by atoms with E-state index in [9.17, 15) is 29.3 Å². The van der Waals surface area contributed by atoms with Crippen molar-refractivity contribution in [3.8, 4) is 12.1 Å². The molecule has 6 aromatic rings. The monoisotopic (exact) mass is 1320 g/mol. The van der Waals surface area contributed by atoms with E-state index < -0.39 is 4.92 Å². The number of anilines is 5. The molecule has 2 aromatic heterocycles. The number of hydrogen-bond acceptors (Lipinski definition) is 18. The quantitative estimate of drug-likeness (QED) is 0.0187. The molecule has 4 aliphatic heterocycles. The fourth-order valence-electron chi connectivity index (χ4n) is 11.3.